The molecular formula is C16H18N2OS. The van der Waals surface area contributed by atoms with Gasteiger partial charge in [0, 0.05) is 12.1 Å². The average Bonchev–Trinajstić information content (AvgIpc) is 3.15. The zero-order valence-corrected chi connectivity index (χ0v) is 12.1. The minimum atomic E-state index is 0.119. The molecule has 2 heterocycles. The summed E-state index contributed by atoms with van der Waals surface area (Å²) in [4.78, 5) is 16.6. The Hall–Kier alpha value is -1.68. The molecule has 0 bridgehead atoms. The second kappa shape index (κ2) is 6.18. The van der Waals surface area contributed by atoms with Crippen LogP contribution in [0, 0.1) is 5.92 Å². The Balaban J connectivity index is 1.62. The third kappa shape index (κ3) is 2.90. The van der Waals surface area contributed by atoms with Crippen LogP contribution < -0.4 is 5.32 Å². The molecule has 3 rings (SSSR count). The lowest BCUT2D eigenvalue weighted by atomic mass is 9.90. The number of hydrogen-bond donors (Lipinski definition) is 1. The van der Waals surface area contributed by atoms with E-state index in [2.05, 4.69) is 27.1 Å². The molecule has 0 aromatic carbocycles. The Morgan fingerprint density at radius 1 is 1.35 bits per heavy atom. The lowest BCUT2D eigenvalue weighted by Crippen LogP contribution is -2.31. The molecule has 20 heavy (non-hydrogen) atoms. The maximum absolute atomic E-state index is 12.4. The molecule has 1 N–H and O–H groups in total. The smallest absolute Gasteiger partial charge is 0.224 e. The summed E-state index contributed by atoms with van der Waals surface area (Å²) in [5, 5.41) is 7.30. The summed E-state index contributed by atoms with van der Waals surface area (Å²) in [5.41, 5.74) is 2.23. The van der Waals surface area contributed by atoms with Gasteiger partial charge in [0.2, 0.25) is 5.91 Å². The number of pyridine rings is 1. The molecule has 0 radical (unpaired) electrons. The van der Waals surface area contributed by atoms with E-state index in [1.54, 1.807) is 17.5 Å². The van der Waals surface area contributed by atoms with E-state index in [9.17, 15) is 4.79 Å². The summed E-state index contributed by atoms with van der Waals surface area (Å²) in [6, 6.07) is 7.91. The maximum atomic E-state index is 12.4. The first-order valence-corrected chi connectivity index (χ1v) is 7.98. The lowest BCUT2D eigenvalue weighted by Gasteiger charge is -2.18. The minimum Gasteiger partial charge on any atom is -0.350 e. The number of rotatable bonds is 4. The second-order valence-corrected chi connectivity index (χ2v) is 6.02. The summed E-state index contributed by atoms with van der Waals surface area (Å²) < 4.78 is 0. The van der Waals surface area contributed by atoms with Gasteiger partial charge >= 0.3 is 0 Å². The van der Waals surface area contributed by atoms with Crippen molar-refractivity contribution in [3.63, 3.8) is 0 Å². The molecular weight excluding hydrogens is 268 g/mol. The van der Waals surface area contributed by atoms with Gasteiger partial charge in [-0.2, -0.15) is 11.3 Å². The zero-order valence-electron chi connectivity index (χ0n) is 11.3. The van der Waals surface area contributed by atoms with Crippen LogP contribution in [0.3, 0.4) is 0 Å². The highest BCUT2D eigenvalue weighted by Crippen LogP contribution is 2.40. The van der Waals surface area contributed by atoms with E-state index in [-0.39, 0.29) is 11.8 Å². The molecule has 2 aromatic heterocycles. The van der Waals surface area contributed by atoms with E-state index >= 15 is 0 Å². The zero-order chi connectivity index (χ0) is 13.8. The number of thiophene rings is 1. The highest BCUT2D eigenvalue weighted by atomic mass is 32.1. The van der Waals surface area contributed by atoms with E-state index in [1.807, 2.05) is 18.2 Å². The lowest BCUT2D eigenvalue weighted by molar-refractivity contribution is -0.125. The first kappa shape index (κ1) is 13.3. The highest BCUT2D eigenvalue weighted by Gasteiger charge is 2.33. The maximum Gasteiger partial charge on any atom is 0.224 e. The predicted molar refractivity (Wildman–Crippen MR) is 80.5 cm³/mol. The number of hydrogen-bond acceptors (Lipinski definition) is 3. The van der Waals surface area contributed by atoms with Gasteiger partial charge in [0.15, 0.2) is 0 Å². The van der Waals surface area contributed by atoms with Crippen LogP contribution >= 0.6 is 11.3 Å². The second-order valence-electron chi connectivity index (χ2n) is 5.24. The van der Waals surface area contributed by atoms with E-state index in [4.69, 9.17) is 0 Å². The number of carbonyl (C=O) groups is 1. The van der Waals surface area contributed by atoms with Gasteiger partial charge in [0.05, 0.1) is 12.2 Å². The Morgan fingerprint density at radius 2 is 2.30 bits per heavy atom. The van der Waals surface area contributed by atoms with Gasteiger partial charge in [0.1, 0.15) is 0 Å². The number of nitrogens with one attached hydrogen (secondary N) is 1. The van der Waals surface area contributed by atoms with Crippen LogP contribution in [-0.4, -0.2) is 10.9 Å². The van der Waals surface area contributed by atoms with Crippen LogP contribution in [0.15, 0.2) is 41.2 Å². The van der Waals surface area contributed by atoms with Crippen molar-refractivity contribution in [2.75, 3.05) is 0 Å². The van der Waals surface area contributed by atoms with Crippen molar-refractivity contribution in [1.82, 2.24) is 10.3 Å². The molecule has 1 aliphatic rings. The fraction of sp³-hybridized carbons (Fsp3) is 0.375. The Morgan fingerprint density at radius 3 is 3.05 bits per heavy atom. The number of aromatic nitrogens is 1. The van der Waals surface area contributed by atoms with Crippen LogP contribution in [0.5, 0.6) is 0 Å². The number of amides is 1. The van der Waals surface area contributed by atoms with Gasteiger partial charge in [-0.3, -0.25) is 9.78 Å². The molecule has 4 heteroatoms. The Kier molecular flexibility index (Phi) is 4.11. The monoisotopic (exact) mass is 286 g/mol. The standard InChI is InChI=1S/C16H18N2OS/c19-16(18-10-13-4-1-2-8-17-13)15-6-3-5-14(15)12-7-9-20-11-12/h1-2,4,7-9,11,14-15H,3,5-6,10H2,(H,18,19)/t14-,15-/m0/s1. The van der Waals surface area contributed by atoms with Crippen molar-refractivity contribution >= 4 is 17.2 Å². The third-order valence-electron chi connectivity index (χ3n) is 3.99. The highest BCUT2D eigenvalue weighted by molar-refractivity contribution is 7.08. The van der Waals surface area contributed by atoms with E-state index in [0.29, 0.717) is 12.5 Å². The molecule has 2 aromatic rings. The molecule has 1 fully saturated rings. The average molecular weight is 286 g/mol. The molecule has 1 saturated carbocycles. The molecule has 104 valence electrons. The van der Waals surface area contributed by atoms with Gasteiger partial charge in [-0.05, 0) is 53.3 Å². The van der Waals surface area contributed by atoms with Crippen LogP contribution in [0.4, 0.5) is 0 Å². The topological polar surface area (TPSA) is 42.0 Å². The first-order chi connectivity index (χ1) is 9.84. The molecule has 0 unspecified atom stereocenters. The summed E-state index contributed by atoms with van der Waals surface area (Å²) in [5.74, 6) is 0.683. The van der Waals surface area contributed by atoms with Crippen molar-refractivity contribution in [2.45, 2.75) is 31.7 Å². The summed E-state index contributed by atoms with van der Waals surface area (Å²) >= 11 is 1.71. The van der Waals surface area contributed by atoms with Gasteiger partial charge in [-0.1, -0.05) is 12.5 Å². The van der Waals surface area contributed by atoms with Crippen molar-refractivity contribution in [1.29, 1.82) is 0 Å². The first-order valence-electron chi connectivity index (χ1n) is 7.04. The van der Waals surface area contributed by atoms with Crippen LogP contribution in [0.25, 0.3) is 0 Å². The molecule has 0 saturated heterocycles. The van der Waals surface area contributed by atoms with Crippen LogP contribution in [0.1, 0.15) is 36.4 Å². The van der Waals surface area contributed by atoms with E-state index in [0.717, 1.165) is 25.0 Å². The van der Waals surface area contributed by atoms with Crippen molar-refractivity contribution in [3.05, 3.63) is 52.5 Å². The van der Waals surface area contributed by atoms with Gasteiger partial charge < -0.3 is 5.32 Å². The van der Waals surface area contributed by atoms with Crippen molar-refractivity contribution in [3.8, 4) is 0 Å². The van der Waals surface area contributed by atoms with Crippen molar-refractivity contribution in [2.24, 2.45) is 5.92 Å². The molecule has 3 nitrogen and oxygen atoms in total. The molecule has 2 atom stereocenters. The predicted octanol–water partition coefficient (Wildman–Crippen LogP) is 3.34. The molecule has 0 aliphatic heterocycles. The van der Waals surface area contributed by atoms with Gasteiger partial charge in [-0.25, -0.2) is 0 Å². The van der Waals surface area contributed by atoms with Crippen LogP contribution in [0.2, 0.25) is 0 Å². The number of nitrogens with zero attached hydrogens (tertiary/aromatic N) is 1. The SMILES string of the molecule is O=C(NCc1ccccn1)[C@H]1CCC[C@H]1c1ccsc1. The molecule has 0 spiro atoms. The van der Waals surface area contributed by atoms with Gasteiger partial charge in [0.25, 0.3) is 0 Å². The summed E-state index contributed by atoms with van der Waals surface area (Å²) in [6.45, 7) is 0.520. The van der Waals surface area contributed by atoms with Crippen LogP contribution in [-0.2, 0) is 11.3 Å². The minimum absolute atomic E-state index is 0.119. The largest absolute Gasteiger partial charge is 0.350 e. The van der Waals surface area contributed by atoms with Gasteiger partial charge in [-0.15, -0.1) is 0 Å². The quantitative estimate of drug-likeness (QED) is 0.936. The normalized spacial score (nSPS) is 21.8. The molecule has 1 aliphatic carbocycles. The van der Waals surface area contributed by atoms with E-state index in [1.165, 1.54) is 5.56 Å². The van der Waals surface area contributed by atoms with E-state index < -0.39 is 0 Å². The fourth-order valence-electron chi connectivity index (χ4n) is 2.97. The van der Waals surface area contributed by atoms with Crippen molar-refractivity contribution < 1.29 is 4.79 Å². The summed E-state index contributed by atoms with van der Waals surface area (Å²) in [7, 11) is 0. The fourth-order valence-corrected chi connectivity index (χ4v) is 3.70. The third-order valence-corrected chi connectivity index (χ3v) is 4.70. The number of carbonyl (C=O) groups excluding carboxylic acids is 1. The Bertz CT molecular complexity index is 553. The summed E-state index contributed by atoms with van der Waals surface area (Å²) in [6.07, 6.45) is 5.01. The Labute approximate surface area is 123 Å². The molecule has 1 amide bonds.